The summed E-state index contributed by atoms with van der Waals surface area (Å²) in [5, 5.41) is 1.71. The largest absolute Gasteiger partial charge is 0.398 e. The van der Waals surface area contributed by atoms with Gasteiger partial charge < -0.3 is 5.73 Å². The highest BCUT2D eigenvalue weighted by atomic mass is 32.2. The maximum atomic E-state index is 6.27. The zero-order chi connectivity index (χ0) is 14.6. The van der Waals surface area contributed by atoms with E-state index >= 15 is 0 Å². The van der Waals surface area contributed by atoms with Gasteiger partial charge in [0.15, 0.2) is 0 Å². The lowest BCUT2D eigenvalue weighted by atomic mass is 10.3. The van der Waals surface area contributed by atoms with Crippen LogP contribution in [0.25, 0.3) is 0 Å². The highest BCUT2D eigenvalue weighted by Gasteiger charge is 2.14. The number of hydrogen-bond donors (Lipinski definition) is 1. The number of nitrogens with two attached hydrogens (primary N) is 1. The van der Waals surface area contributed by atoms with Gasteiger partial charge in [-0.05, 0) is 12.1 Å². The Morgan fingerprint density at radius 3 is 1.79 bits per heavy atom. The minimum atomic E-state index is 0.553. The average Bonchev–Trinajstić information content (AvgIpc) is 2.21. The number of thioether (sulfide) groups is 3. The van der Waals surface area contributed by atoms with Crippen molar-refractivity contribution in [2.75, 3.05) is 5.73 Å². The Hall–Kier alpha value is 0.0700. The van der Waals surface area contributed by atoms with Gasteiger partial charge in [0.05, 0.1) is 0 Å². The van der Waals surface area contributed by atoms with Crippen LogP contribution in [0.2, 0.25) is 0 Å². The van der Waals surface area contributed by atoms with Gasteiger partial charge in [-0.3, -0.25) is 0 Å². The van der Waals surface area contributed by atoms with Crippen LogP contribution in [0.15, 0.2) is 26.8 Å². The quantitative estimate of drug-likeness (QED) is 0.532. The van der Waals surface area contributed by atoms with Crippen LogP contribution in [0.1, 0.15) is 41.5 Å². The second kappa shape index (κ2) is 7.75. The molecule has 0 spiro atoms. The van der Waals surface area contributed by atoms with Crippen LogP contribution in [0.5, 0.6) is 0 Å². The summed E-state index contributed by atoms with van der Waals surface area (Å²) in [6.45, 7) is 13.3. The summed E-state index contributed by atoms with van der Waals surface area (Å²) in [7, 11) is 0. The Kier molecular flexibility index (Phi) is 6.98. The van der Waals surface area contributed by atoms with Crippen LogP contribution in [-0.2, 0) is 0 Å². The molecule has 0 atom stereocenters. The van der Waals surface area contributed by atoms with E-state index in [0.29, 0.717) is 15.7 Å². The number of nitrogen functional groups attached to an aromatic ring is 1. The highest BCUT2D eigenvalue weighted by molar-refractivity contribution is 8.03. The van der Waals surface area contributed by atoms with E-state index in [9.17, 15) is 0 Å². The first-order valence-electron chi connectivity index (χ1n) is 6.73. The molecule has 0 aliphatic rings. The van der Waals surface area contributed by atoms with Crippen LogP contribution in [0.3, 0.4) is 0 Å². The maximum Gasteiger partial charge on any atom is 0.0475 e. The first-order chi connectivity index (χ1) is 8.79. The number of hydrogen-bond acceptors (Lipinski definition) is 4. The van der Waals surface area contributed by atoms with E-state index in [2.05, 4.69) is 53.7 Å². The molecule has 2 N–H and O–H groups in total. The fraction of sp³-hybridized carbons (Fsp3) is 0.600. The number of anilines is 1. The Morgan fingerprint density at radius 1 is 0.789 bits per heavy atom. The summed E-state index contributed by atoms with van der Waals surface area (Å²) in [5.41, 5.74) is 7.20. The van der Waals surface area contributed by atoms with Crippen molar-refractivity contribution in [1.82, 2.24) is 0 Å². The molecule has 0 amide bonds. The van der Waals surface area contributed by atoms with E-state index in [4.69, 9.17) is 5.73 Å². The Morgan fingerprint density at radius 2 is 1.32 bits per heavy atom. The normalized spacial score (nSPS) is 11.8. The average molecular weight is 316 g/mol. The lowest BCUT2D eigenvalue weighted by Gasteiger charge is -2.17. The van der Waals surface area contributed by atoms with Gasteiger partial charge in [-0.15, -0.1) is 35.3 Å². The summed E-state index contributed by atoms with van der Waals surface area (Å²) >= 11 is 5.65. The Balaban J connectivity index is 3.13. The molecule has 1 aromatic rings. The van der Waals surface area contributed by atoms with Gasteiger partial charge in [-0.1, -0.05) is 41.5 Å². The minimum absolute atomic E-state index is 0.553. The van der Waals surface area contributed by atoms with Gasteiger partial charge in [0, 0.05) is 36.1 Å². The topological polar surface area (TPSA) is 26.0 Å². The third-order valence-electron chi connectivity index (χ3n) is 2.15. The summed E-state index contributed by atoms with van der Waals surface area (Å²) in [4.78, 5) is 3.86. The van der Waals surface area contributed by atoms with E-state index < -0.39 is 0 Å². The van der Waals surface area contributed by atoms with Gasteiger partial charge in [-0.2, -0.15) is 0 Å². The Labute approximate surface area is 130 Å². The summed E-state index contributed by atoms with van der Waals surface area (Å²) in [6, 6.07) is 4.43. The second-order valence-electron chi connectivity index (χ2n) is 5.34. The van der Waals surface area contributed by atoms with Crippen molar-refractivity contribution < 1.29 is 0 Å². The predicted octanol–water partition coefficient (Wildman–Crippen LogP) is 5.77. The van der Waals surface area contributed by atoms with Gasteiger partial charge in [0.1, 0.15) is 0 Å². The van der Waals surface area contributed by atoms with Crippen molar-refractivity contribution in [1.29, 1.82) is 0 Å². The van der Waals surface area contributed by atoms with Crippen LogP contribution >= 0.6 is 35.3 Å². The third kappa shape index (κ3) is 5.92. The lowest BCUT2D eigenvalue weighted by molar-refractivity contribution is 1.07. The standard InChI is InChI=1S/C15H25NS3/c1-9(2)17-12-7-13(16)15(19-11(5)6)14(8-12)18-10(3)4/h7-11H,16H2,1-6H3. The zero-order valence-corrected chi connectivity index (χ0v) is 15.1. The first kappa shape index (κ1) is 17.1. The smallest absolute Gasteiger partial charge is 0.0475 e. The van der Waals surface area contributed by atoms with Crippen molar-refractivity contribution >= 4 is 41.0 Å². The molecule has 0 bridgehead atoms. The van der Waals surface area contributed by atoms with Crippen LogP contribution < -0.4 is 5.73 Å². The molecule has 0 heterocycles. The van der Waals surface area contributed by atoms with Gasteiger partial charge in [0.2, 0.25) is 0 Å². The molecule has 1 nitrogen and oxygen atoms in total. The van der Waals surface area contributed by atoms with Crippen molar-refractivity contribution in [3.8, 4) is 0 Å². The van der Waals surface area contributed by atoms with E-state index in [1.165, 1.54) is 14.7 Å². The van der Waals surface area contributed by atoms with Gasteiger partial charge in [-0.25, -0.2) is 0 Å². The van der Waals surface area contributed by atoms with Crippen molar-refractivity contribution in [3.63, 3.8) is 0 Å². The van der Waals surface area contributed by atoms with Crippen LogP contribution in [0.4, 0.5) is 5.69 Å². The molecule has 0 saturated carbocycles. The molecule has 0 fully saturated rings. The maximum absolute atomic E-state index is 6.27. The molecule has 1 aromatic carbocycles. The van der Waals surface area contributed by atoms with E-state index in [0.717, 1.165) is 5.69 Å². The fourth-order valence-corrected chi connectivity index (χ4v) is 4.70. The Bertz CT molecular complexity index is 414. The highest BCUT2D eigenvalue weighted by Crippen LogP contribution is 2.42. The van der Waals surface area contributed by atoms with Gasteiger partial charge in [0.25, 0.3) is 0 Å². The molecule has 19 heavy (non-hydrogen) atoms. The fourth-order valence-electron chi connectivity index (χ4n) is 1.64. The molecule has 0 saturated heterocycles. The molecule has 0 unspecified atom stereocenters. The first-order valence-corrected chi connectivity index (χ1v) is 9.37. The van der Waals surface area contributed by atoms with Crippen LogP contribution in [-0.4, -0.2) is 15.7 Å². The molecule has 0 aliphatic heterocycles. The van der Waals surface area contributed by atoms with E-state index in [1.807, 2.05) is 35.3 Å². The molecule has 0 radical (unpaired) electrons. The van der Waals surface area contributed by atoms with Crippen molar-refractivity contribution in [2.24, 2.45) is 0 Å². The molecular formula is C15H25NS3. The number of rotatable bonds is 6. The SMILES string of the molecule is CC(C)Sc1cc(N)c(SC(C)C)c(SC(C)C)c1. The third-order valence-corrected chi connectivity index (χ3v) is 5.46. The monoisotopic (exact) mass is 315 g/mol. The lowest BCUT2D eigenvalue weighted by Crippen LogP contribution is -1.98. The van der Waals surface area contributed by atoms with Crippen molar-refractivity contribution in [3.05, 3.63) is 12.1 Å². The summed E-state index contributed by atoms with van der Waals surface area (Å²) in [5.74, 6) is 0. The number of benzene rings is 1. The van der Waals surface area contributed by atoms with Crippen LogP contribution in [0, 0.1) is 0 Å². The molecule has 108 valence electrons. The molecule has 0 aliphatic carbocycles. The van der Waals surface area contributed by atoms with E-state index in [-0.39, 0.29) is 0 Å². The van der Waals surface area contributed by atoms with Crippen molar-refractivity contribution in [2.45, 2.75) is 72.0 Å². The summed E-state index contributed by atoms with van der Waals surface area (Å²) < 4.78 is 0. The predicted molar refractivity (Wildman–Crippen MR) is 93.8 cm³/mol. The van der Waals surface area contributed by atoms with E-state index in [1.54, 1.807) is 0 Å². The molecule has 0 aromatic heterocycles. The molecule has 4 heteroatoms. The zero-order valence-electron chi connectivity index (χ0n) is 12.7. The summed E-state index contributed by atoms with van der Waals surface area (Å²) in [6.07, 6.45) is 0. The second-order valence-corrected chi connectivity index (χ2v) is 10.2. The minimum Gasteiger partial charge on any atom is -0.398 e. The van der Waals surface area contributed by atoms with Gasteiger partial charge >= 0.3 is 0 Å². The molecule has 1 rings (SSSR count). The molecular weight excluding hydrogens is 290 g/mol.